The van der Waals surface area contributed by atoms with Crippen LogP contribution >= 0.6 is 11.3 Å². The van der Waals surface area contributed by atoms with Crippen molar-refractivity contribution in [1.29, 1.82) is 0 Å². The molecule has 0 spiro atoms. The topological polar surface area (TPSA) is 138 Å². The van der Waals surface area contributed by atoms with Crippen molar-refractivity contribution in [2.45, 2.75) is 26.7 Å². The van der Waals surface area contributed by atoms with Gasteiger partial charge in [0.2, 0.25) is 17.6 Å². The summed E-state index contributed by atoms with van der Waals surface area (Å²) >= 11 is 1.34. The molecule has 4 aromatic rings. The van der Waals surface area contributed by atoms with Crippen molar-refractivity contribution in [1.82, 2.24) is 29.5 Å². The van der Waals surface area contributed by atoms with E-state index in [0.29, 0.717) is 10.8 Å². The van der Waals surface area contributed by atoms with Gasteiger partial charge in [-0.1, -0.05) is 22.9 Å². The molecule has 3 aromatic heterocycles. The zero-order valence-corrected chi connectivity index (χ0v) is 18.3. The van der Waals surface area contributed by atoms with Gasteiger partial charge in [0.25, 0.3) is 5.56 Å². The van der Waals surface area contributed by atoms with Gasteiger partial charge in [-0.25, -0.2) is 9.78 Å². The van der Waals surface area contributed by atoms with E-state index in [1.54, 1.807) is 12.1 Å². The first kappa shape index (κ1) is 21.3. The van der Waals surface area contributed by atoms with Crippen LogP contribution in [0.25, 0.3) is 17.2 Å². The molecule has 32 heavy (non-hydrogen) atoms. The van der Waals surface area contributed by atoms with Crippen LogP contribution in [0.2, 0.25) is 0 Å². The van der Waals surface area contributed by atoms with Crippen molar-refractivity contribution in [3.63, 3.8) is 0 Å². The molecule has 1 aromatic carbocycles. The lowest BCUT2D eigenvalue weighted by atomic mass is 10.2. The Balaban J connectivity index is 1.55. The van der Waals surface area contributed by atoms with E-state index in [1.807, 2.05) is 31.4 Å². The zero-order valence-electron chi connectivity index (χ0n) is 17.5. The van der Waals surface area contributed by atoms with Crippen molar-refractivity contribution in [3.05, 3.63) is 67.6 Å². The molecule has 0 aliphatic carbocycles. The van der Waals surface area contributed by atoms with Crippen LogP contribution in [0.3, 0.4) is 0 Å². The monoisotopic (exact) mass is 453 g/mol. The molecule has 4 rings (SSSR count). The summed E-state index contributed by atoms with van der Waals surface area (Å²) in [7, 11) is 1.35. The smallest absolute Gasteiger partial charge is 0.339 e. The lowest BCUT2D eigenvalue weighted by Gasteiger charge is -2.08. The first-order valence-electron chi connectivity index (χ1n) is 9.64. The third-order valence-corrected chi connectivity index (χ3v) is 5.44. The summed E-state index contributed by atoms with van der Waals surface area (Å²) in [4.78, 5) is 45.6. The Morgan fingerprint density at radius 3 is 2.59 bits per heavy atom. The summed E-state index contributed by atoms with van der Waals surface area (Å²) in [5, 5.41) is 13.0. The number of amides is 1. The standard InChI is InChI=1S/C20H19N7O4S/c1-11-4-6-13(7-5-11)27-20(30)26(3)18(29)16(24-27)17-23-15(31-25-17)9-8-14(28)22-19-21-12(2)10-32-19/h4-7,10H,8-9H2,1-3H3,(H,21,22,28). The lowest BCUT2D eigenvalue weighted by molar-refractivity contribution is -0.116. The molecule has 0 atom stereocenters. The normalized spacial score (nSPS) is 11.0. The largest absolute Gasteiger partial charge is 0.351 e. The van der Waals surface area contributed by atoms with E-state index in [4.69, 9.17) is 4.52 Å². The lowest BCUT2D eigenvalue weighted by Crippen LogP contribution is -2.40. The molecule has 0 aliphatic rings. The molecule has 11 nitrogen and oxygen atoms in total. The first-order chi connectivity index (χ1) is 15.3. The quantitative estimate of drug-likeness (QED) is 0.465. The van der Waals surface area contributed by atoms with Crippen molar-refractivity contribution in [3.8, 4) is 17.2 Å². The Hall–Kier alpha value is -3.93. The van der Waals surface area contributed by atoms with E-state index >= 15 is 0 Å². The van der Waals surface area contributed by atoms with Gasteiger partial charge < -0.3 is 9.84 Å². The summed E-state index contributed by atoms with van der Waals surface area (Å²) in [6, 6.07) is 7.11. The van der Waals surface area contributed by atoms with E-state index < -0.39 is 11.2 Å². The molecule has 0 radical (unpaired) electrons. The molecule has 1 N–H and O–H groups in total. The minimum Gasteiger partial charge on any atom is -0.339 e. The Morgan fingerprint density at radius 2 is 1.91 bits per heavy atom. The van der Waals surface area contributed by atoms with E-state index in [2.05, 4.69) is 25.5 Å². The van der Waals surface area contributed by atoms with E-state index in [9.17, 15) is 14.4 Å². The summed E-state index contributed by atoms with van der Waals surface area (Å²) in [6.45, 7) is 3.76. The molecule has 0 unspecified atom stereocenters. The number of anilines is 1. The number of benzene rings is 1. The summed E-state index contributed by atoms with van der Waals surface area (Å²) in [5.74, 6) is -0.138. The number of carbonyl (C=O) groups excluding carboxylic acids is 1. The van der Waals surface area contributed by atoms with Gasteiger partial charge in [-0.15, -0.1) is 11.3 Å². The second-order valence-corrected chi connectivity index (χ2v) is 7.95. The molecule has 0 saturated carbocycles. The molecule has 1 amide bonds. The molecular weight excluding hydrogens is 434 g/mol. The van der Waals surface area contributed by atoms with Gasteiger partial charge in [0.05, 0.1) is 11.4 Å². The third-order valence-electron chi connectivity index (χ3n) is 4.57. The number of aromatic nitrogens is 6. The SMILES string of the molecule is Cc1ccc(-n2nc(-c3noc(CCC(=O)Nc4nc(C)cs4)n3)c(=O)n(C)c2=O)cc1. The fourth-order valence-electron chi connectivity index (χ4n) is 2.83. The number of nitrogens with one attached hydrogen (secondary N) is 1. The van der Waals surface area contributed by atoms with Gasteiger partial charge in [0.15, 0.2) is 10.8 Å². The highest BCUT2D eigenvalue weighted by Gasteiger charge is 2.19. The average molecular weight is 453 g/mol. The Labute approximate surface area is 185 Å². The Bertz CT molecular complexity index is 1400. The van der Waals surface area contributed by atoms with Crippen LogP contribution in [-0.2, 0) is 18.3 Å². The molecule has 12 heteroatoms. The predicted octanol–water partition coefficient (Wildman–Crippen LogP) is 1.63. The number of carbonyl (C=O) groups is 1. The molecule has 164 valence electrons. The highest BCUT2D eigenvalue weighted by molar-refractivity contribution is 7.13. The molecular formula is C20H19N7O4S. The molecule has 0 aliphatic heterocycles. The third kappa shape index (κ3) is 4.39. The second-order valence-electron chi connectivity index (χ2n) is 7.10. The maximum Gasteiger partial charge on any atom is 0.351 e. The Morgan fingerprint density at radius 1 is 1.16 bits per heavy atom. The van der Waals surface area contributed by atoms with Crippen LogP contribution < -0.4 is 16.6 Å². The minimum atomic E-state index is -0.650. The molecule has 3 heterocycles. The molecule has 0 bridgehead atoms. The highest BCUT2D eigenvalue weighted by atomic mass is 32.1. The van der Waals surface area contributed by atoms with Crippen LogP contribution in [0.1, 0.15) is 23.6 Å². The highest BCUT2D eigenvalue weighted by Crippen LogP contribution is 2.15. The fraction of sp³-hybridized carbons (Fsp3) is 0.250. The van der Waals surface area contributed by atoms with E-state index in [-0.39, 0.29) is 36.2 Å². The Kier molecular flexibility index (Phi) is 5.77. The summed E-state index contributed by atoms with van der Waals surface area (Å²) in [6.07, 6.45) is 0.260. The zero-order chi connectivity index (χ0) is 22.8. The number of hydrogen-bond donors (Lipinski definition) is 1. The van der Waals surface area contributed by atoms with Crippen molar-refractivity contribution in [2.24, 2.45) is 7.05 Å². The molecule has 0 saturated heterocycles. The van der Waals surface area contributed by atoms with E-state index in [1.165, 1.54) is 18.4 Å². The minimum absolute atomic E-state index is 0.0579. The number of nitrogens with zero attached hydrogens (tertiary/aromatic N) is 6. The van der Waals surface area contributed by atoms with Crippen molar-refractivity contribution in [2.75, 3.05) is 5.32 Å². The number of thiazole rings is 1. The number of rotatable bonds is 6. The summed E-state index contributed by atoms with van der Waals surface area (Å²) in [5.41, 5.74) is 0.959. The summed E-state index contributed by atoms with van der Waals surface area (Å²) < 4.78 is 7.22. The predicted molar refractivity (Wildman–Crippen MR) is 117 cm³/mol. The fourth-order valence-corrected chi connectivity index (χ4v) is 3.54. The van der Waals surface area contributed by atoms with Gasteiger partial charge >= 0.3 is 5.69 Å². The number of aryl methyl sites for hydroxylation is 3. The maximum atomic E-state index is 12.6. The van der Waals surface area contributed by atoms with Crippen LogP contribution in [0, 0.1) is 13.8 Å². The van der Waals surface area contributed by atoms with Crippen LogP contribution in [0.15, 0.2) is 43.8 Å². The average Bonchev–Trinajstić information content (AvgIpc) is 3.40. The van der Waals surface area contributed by atoms with Crippen molar-refractivity contribution >= 4 is 22.4 Å². The van der Waals surface area contributed by atoms with Crippen molar-refractivity contribution < 1.29 is 9.32 Å². The maximum absolute atomic E-state index is 12.6. The first-order valence-corrected chi connectivity index (χ1v) is 10.5. The van der Waals surface area contributed by atoms with Crippen LogP contribution in [0.4, 0.5) is 5.13 Å². The van der Waals surface area contributed by atoms with Gasteiger partial charge in [-0.2, -0.15) is 14.8 Å². The van der Waals surface area contributed by atoms with Gasteiger partial charge in [-0.3, -0.25) is 14.2 Å². The van der Waals surface area contributed by atoms with Gasteiger partial charge in [0.1, 0.15) is 0 Å². The van der Waals surface area contributed by atoms with E-state index in [0.717, 1.165) is 20.5 Å². The number of hydrogen-bond acceptors (Lipinski definition) is 9. The van der Waals surface area contributed by atoms with Crippen LogP contribution in [0.5, 0.6) is 0 Å². The van der Waals surface area contributed by atoms with Gasteiger partial charge in [0, 0.05) is 25.3 Å². The molecule has 0 fully saturated rings. The second kappa shape index (κ2) is 8.67. The van der Waals surface area contributed by atoms with Gasteiger partial charge in [-0.05, 0) is 26.0 Å². The van der Waals surface area contributed by atoms with Crippen LogP contribution in [-0.4, -0.2) is 35.4 Å².